The fraction of sp³-hybridized carbons (Fsp3) is 0.250. The lowest BCUT2D eigenvalue weighted by atomic mass is 10.2. The van der Waals surface area contributed by atoms with Crippen molar-refractivity contribution in [1.82, 2.24) is 25.7 Å². The second-order valence-electron chi connectivity index (χ2n) is 6.56. The number of halogens is 3. The predicted molar refractivity (Wildman–Crippen MR) is 106 cm³/mol. The van der Waals surface area contributed by atoms with Crippen LogP contribution in [0.4, 0.5) is 18.0 Å². The standard InChI is InChI=1S/C20H20F3N5O3/c1-3-28-12(2)25-16-10-14(6-9-17(16)28)18(29)26-27-19(30)24-11-13-4-7-15(8-5-13)31-20(21,22)23/h4-10H,3,11H2,1-2H3,(H,26,29)(H2,24,27,30). The zero-order valence-corrected chi connectivity index (χ0v) is 16.7. The summed E-state index contributed by atoms with van der Waals surface area (Å²) in [6.07, 6.45) is -4.77. The molecule has 2 aromatic carbocycles. The van der Waals surface area contributed by atoms with Crippen molar-refractivity contribution >= 4 is 23.0 Å². The number of ether oxygens (including phenoxy) is 1. The molecular weight excluding hydrogens is 415 g/mol. The summed E-state index contributed by atoms with van der Waals surface area (Å²) in [5.41, 5.74) is 6.97. The zero-order chi connectivity index (χ0) is 22.6. The summed E-state index contributed by atoms with van der Waals surface area (Å²) in [5, 5.41) is 2.48. The first kappa shape index (κ1) is 21.9. The van der Waals surface area contributed by atoms with Crippen molar-refractivity contribution in [1.29, 1.82) is 0 Å². The van der Waals surface area contributed by atoms with Crippen LogP contribution in [0.25, 0.3) is 11.0 Å². The average molecular weight is 435 g/mol. The summed E-state index contributed by atoms with van der Waals surface area (Å²) in [7, 11) is 0. The Morgan fingerprint density at radius 1 is 1.10 bits per heavy atom. The molecule has 8 nitrogen and oxygen atoms in total. The van der Waals surface area contributed by atoms with Gasteiger partial charge in [-0.3, -0.25) is 10.2 Å². The van der Waals surface area contributed by atoms with Gasteiger partial charge in [-0.15, -0.1) is 13.2 Å². The Morgan fingerprint density at radius 3 is 2.45 bits per heavy atom. The number of aryl methyl sites for hydroxylation is 2. The molecule has 3 aromatic rings. The quantitative estimate of drug-likeness (QED) is 0.535. The van der Waals surface area contributed by atoms with E-state index in [2.05, 4.69) is 25.9 Å². The molecule has 11 heteroatoms. The highest BCUT2D eigenvalue weighted by Crippen LogP contribution is 2.22. The number of aromatic nitrogens is 2. The molecule has 0 aliphatic rings. The lowest BCUT2D eigenvalue weighted by molar-refractivity contribution is -0.274. The third kappa shape index (κ3) is 5.65. The number of nitrogens with one attached hydrogen (secondary N) is 3. The van der Waals surface area contributed by atoms with Gasteiger partial charge in [0.25, 0.3) is 5.91 Å². The summed E-state index contributed by atoms with van der Waals surface area (Å²) in [6.45, 7) is 4.68. The number of alkyl halides is 3. The number of hydrogen-bond acceptors (Lipinski definition) is 4. The Morgan fingerprint density at radius 2 is 1.81 bits per heavy atom. The van der Waals surface area contributed by atoms with Crippen LogP contribution >= 0.6 is 0 Å². The summed E-state index contributed by atoms with van der Waals surface area (Å²) < 4.78 is 42.3. The van der Waals surface area contributed by atoms with Crippen LogP contribution in [0.5, 0.6) is 5.75 Å². The number of carbonyl (C=O) groups is 2. The summed E-state index contributed by atoms with van der Waals surface area (Å²) >= 11 is 0. The maximum Gasteiger partial charge on any atom is 0.573 e. The molecular formula is C20H20F3N5O3. The van der Waals surface area contributed by atoms with Gasteiger partial charge in [-0.1, -0.05) is 12.1 Å². The van der Waals surface area contributed by atoms with Crippen molar-refractivity contribution in [3.63, 3.8) is 0 Å². The SMILES string of the molecule is CCn1c(C)nc2cc(C(=O)NNC(=O)NCc3ccc(OC(F)(F)F)cc3)ccc21. The van der Waals surface area contributed by atoms with Gasteiger partial charge >= 0.3 is 12.4 Å². The predicted octanol–water partition coefficient (Wildman–Crippen LogP) is 3.41. The highest BCUT2D eigenvalue weighted by atomic mass is 19.4. The van der Waals surface area contributed by atoms with Gasteiger partial charge in [0.05, 0.1) is 11.0 Å². The normalized spacial score (nSPS) is 11.3. The molecule has 3 N–H and O–H groups in total. The van der Waals surface area contributed by atoms with E-state index in [0.29, 0.717) is 16.6 Å². The topological polar surface area (TPSA) is 97.3 Å². The van der Waals surface area contributed by atoms with Crippen LogP contribution in [0.3, 0.4) is 0 Å². The number of benzene rings is 2. The molecule has 0 fully saturated rings. The van der Waals surface area contributed by atoms with Crippen LogP contribution in [-0.2, 0) is 13.1 Å². The second kappa shape index (κ2) is 8.94. The van der Waals surface area contributed by atoms with Gasteiger partial charge in [0.2, 0.25) is 0 Å². The van der Waals surface area contributed by atoms with Crippen molar-refractivity contribution in [2.75, 3.05) is 0 Å². The Balaban J connectivity index is 1.50. The number of urea groups is 1. The first-order valence-electron chi connectivity index (χ1n) is 9.32. The monoisotopic (exact) mass is 435 g/mol. The van der Waals surface area contributed by atoms with E-state index in [-0.39, 0.29) is 12.3 Å². The van der Waals surface area contributed by atoms with E-state index < -0.39 is 18.3 Å². The molecule has 0 saturated heterocycles. The van der Waals surface area contributed by atoms with Crippen LogP contribution < -0.4 is 20.9 Å². The average Bonchev–Trinajstić information content (AvgIpc) is 3.04. The van der Waals surface area contributed by atoms with E-state index in [1.165, 1.54) is 12.1 Å². The lowest BCUT2D eigenvalue weighted by Crippen LogP contribution is -2.46. The highest BCUT2D eigenvalue weighted by Gasteiger charge is 2.30. The second-order valence-corrected chi connectivity index (χ2v) is 6.56. The van der Waals surface area contributed by atoms with Gasteiger partial charge in [0.15, 0.2) is 0 Å². The molecule has 0 unspecified atom stereocenters. The van der Waals surface area contributed by atoms with E-state index in [1.54, 1.807) is 18.2 Å². The van der Waals surface area contributed by atoms with E-state index >= 15 is 0 Å². The van der Waals surface area contributed by atoms with E-state index in [9.17, 15) is 22.8 Å². The van der Waals surface area contributed by atoms with E-state index in [1.807, 2.05) is 18.4 Å². The lowest BCUT2D eigenvalue weighted by Gasteiger charge is -2.11. The van der Waals surface area contributed by atoms with Crippen molar-refractivity contribution in [2.45, 2.75) is 33.3 Å². The van der Waals surface area contributed by atoms with Crippen molar-refractivity contribution in [2.24, 2.45) is 0 Å². The third-order valence-electron chi connectivity index (χ3n) is 4.42. The number of hydrazine groups is 1. The van der Waals surface area contributed by atoms with Gasteiger partial charge in [-0.2, -0.15) is 0 Å². The maximum absolute atomic E-state index is 12.3. The largest absolute Gasteiger partial charge is 0.573 e. The molecule has 1 heterocycles. The molecule has 3 amide bonds. The number of carbonyl (C=O) groups excluding carboxylic acids is 2. The molecule has 0 aliphatic carbocycles. The third-order valence-corrected chi connectivity index (χ3v) is 4.42. The molecule has 0 spiro atoms. The molecule has 3 rings (SSSR count). The molecule has 0 bridgehead atoms. The molecule has 31 heavy (non-hydrogen) atoms. The molecule has 1 aromatic heterocycles. The molecule has 0 aliphatic heterocycles. The number of fused-ring (bicyclic) bond motifs is 1. The number of amides is 3. The Bertz CT molecular complexity index is 1090. The number of imidazole rings is 1. The van der Waals surface area contributed by atoms with Gasteiger partial charge < -0.3 is 14.6 Å². The summed E-state index contributed by atoms with van der Waals surface area (Å²) in [4.78, 5) is 28.6. The minimum absolute atomic E-state index is 0.0354. The van der Waals surface area contributed by atoms with Gasteiger partial charge in [0, 0.05) is 18.7 Å². The van der Waals surface area contributed by atoms with E-state index in [0.717, 1.165) is 30.0 Å². The van der Waals surface area contributed by atoms with Crippen LogP contribution in [0.1, 0.15) is 28.7 Å². The highest BCUT2D eigenvalue weighted by molar-refractivity contribution is 5.98. The summed E-state index contributed by atoms with van der Waals surface area (Å²) in [5.74, 6) is -0.0381. The van der Waals surface area contributed by atoms with Crippen molar-refractivity contribution in [3.8, 4) is 5.75 Å². The van der Waals surface area contributed by atoms with Crippen LogP contribution in [0.15, 0.2) is 42.5 Å². The number of hydrogen-bond donors (Lipinski definition) is 3. The fourth-order valence-electron chi connectivity index (χ4n) is 3.01. The number of nitrogens with zero attached hydrogens (tertiary/aromatic N) is 2. The van der Waals surface area contributed by atoms with Crippen molar-refractivity contribution < 1.29 is 27.5 Å². The van der Waals surface area contributed by atoms with Gasteiger partial charge in [0.1, 0.15) is 11.6 Å². The smallest absolute Gasteiger partial charge is 0.406 e. The van der Waals surface area contributed by atoms with Gasteiger partial charge in [-0.05, 0) is 49.7 Å². The van der Waals surface area contributed by atoms with E-state index in [4.69, 9.17) is 0 Å². The minimum atomic E-state index is -4.77. The minimum Gasteiger partial charge on any atom is -0.406 e. The first-order valence-corrected chi connectivity index (χ1v) is 9.32. The first-order chi connectivity index (χ1) is 14.7. The van der Waals surface area contributed by atoms with Crippen LogP contribution in [-0.4, -0.2) is 27.9 Å². The molecule has 0 saturated carbocycles. The van der Waals surface area contributed by atoms with Crippen LogP contribution in [0, 0.1) is 6.92 Å². The van der Waals surface area contributed by atoms with Gasteiger partial charge in [-0.25, -0.2) is 15.2 Å². The fourth-order valence-corrected chi connectivity index (χ4v) is 3.01. The molecule has 0 radical (unpaired) electrons. The Kier molecular flexibility index (Phi) is 6.33. The maximum atomic E-state index is 12.3. The molecule has 0 atom stereocenters. The zero-order valence-electron chi connectivity index (χ0n) is 16.7. The Labute approximate surface area is 175 Å². The Hall–Kier alpha value is -3.76. The van der Waals surface area contributed by atoms with Crippen LogP contribution in [0.2, 0.25) is 0 Å². The molecule has 164 valence electrons. The van der Waals surface area contributed by atoms with Crippen molar-refractivity contribution in [3.05, 3.63) is 59.4 Å². The number of rotatable bonds is 5. The summed E-state index contributed by atoms with van der Waals surface area (Å²) in [6, 6.07) is 9.42.